The molecule has 1 aromatic carbocycles. The molecule has 1 aromatic heterocycles. The standard InChI is InChI=1S/C13H11Cl3IN2O2P.C2H6/c1-6-3-9(14)12(10(15)4-6)20-11-5-8(7(2)21-22-17)13(16)19-18-11;1-2/h3-5,7,22H,1-2H3;1-2H3. The first-order chi connectivity index (χ1) is 11.4. The Hall–Kier alpha value is 0.0900. The predicted octanol–water partition coefficient (Wildman–Crippen LogP) is 7.58. The normalized spacial score (nSPS) is 12.0. The number of halogens is 4. The Kier molecular flexibility index (Phi) is 10.1. The fourth-order valence-corrected chi connectivity index (χ4v) is 4.05. The summed E-state index contributed by atoms with van der Waals surface area (Å²) in [6.07, 6.45) is -0.218. The van der Waals surface area contributed by atoms with Crippen molar-refractivity contribution in [3.05, 3.63) is 44.5 Å². The molecule has 2 aromatic rings. The quantitative estimate of drug-likeness (QED) is 0.300. The first-order valence-corrected chi connectivity index (χ1v) is 12.3. The molecule has 0 aliphatic rings. The van der Waals surface area contributed by atoms with E-state index in [0.29, 0.717) is 27.8 Å². The molecule has 0 bridgehead atoms. The second-order valence-corrected chi connectivity index (χ2v) is 7.31. The lowest BCUT2D eigenvalue weighted by Crippen LogP contribution is -2.00. The smallest absolute Gasteiger partial charge is 0.239 e. The Morgan fingerprint density at radius 1 is 1.08 bits per heavy atom. The number of aryl methyl sites for hydroxylation is 1. The molecule has 132 valence electrons. The van der Waals surface area contributed by atoms with Crippen LogP contribution in [0.4, 0.5) is 0 Å². The highest BCUT2D eigenvalue weighted by Crippen LogP contribution is 2.38. The number of rotatable bonds is 5. The van der Waals surface area contributed by atoms with E-state index >= 15 is 0 Å². The van der Waals surface area contributed by atoms with Crippen LogP contribution in [0.2, 0.25) is 15.2 Å². The molecule has 0 fully saturated rings. The van der Waals surface area contributed by atoms with Crippen molar-refractivity contribution in [1.29, 1.82) is 0 Å². The van der Waals surface area contributed by atoms with E-state index in [1.807, 2.05) is 27.7 Å². The van der Waals surface area contributed by atoms with Crippen molar-refractivity contribution in [2.24, 2.45) is 0 Å². The van der Waals surface area contributed by atoms with Gasteiger partial charge in [-0.25, -0.2) is 0 Å². The number of ether oxygens (including phenoxy) is 1. The Morgan fingerprint density at radius 2 is 1.67 bits per heavy atom. The zero-order chi connectivity index (χ0) is 18.3. The van der Waals surface area contributed by atoms with Gasteiger partial charge in [0.2, 0.25) is 5.88 Å². The number of aromatic nitrogens is 2. The highest BCUT2D eigenvalue weighted by molar-refractivity contribution is 14.2. The maximum Gasteiger partial charge on any atom is 0.239 e. The van der Waals surface area contributed by atoms with Gasteiger partial charge < -0.3 is 9.26 Å². The van der Waals surface area contributed by atoms with Gasteiger partial charge >= 0.3 is 0 Å². The summed E-state index contributed by atoms with van der Waals surface area (Å²) in [5.41, 5.74) is 1.63. The molecule has 0 N–H and O–H groups in total. The highest BCUT2D eigenvalue weighted by atomic mass is 127. The van der Waals surface area contributed by atoms with E-state index in [-0.39, 0.29) is 17.1 Å². The molecule has 0 aliphatic heterocycles. The first-order valence-electron chi connectivity index (χ1n) is 7.10. The molecule has 9 heteroatoms. The van der Waals surface area contributed by atoms with Gasteiger partial charge in [0, 0.05) is 11.6 Å². The van der Waals surface area contributed by atoms with Crippen LogP contribution < -0.4 is 4.74 Å². The van der Waals surface area contributed by atoms with Gasteiger partial charge in [-0.1, -0.05) is 48.7 Å². The number of nitrogens with zero attached hydrogens (tertiary/aromatic N) is 2. The molecule has 2 unspecified atom stereocenters. The van der Waals surface area contributed by atoms with Gasteiger partial charge in [0.05, 0.1) is 22.6 Å². The highest BCUT2D eigenvalue weighted by Gasteiger charge is 2.16. The van der Waals surface area contributed by atoms with E-state index in [0.717, 1.165) is 5.56 Å². The third-order valence-corrected chi connectivity index (χ3v) is 4.82. The molecule has 0 aliphatic carbocycles. The minimum atomic E-state index is -0.218. The number of hydrogen-bond donors (Lipinski definition) is 0. The van der Waals surface area contributed by atoms with Crippen molar-refractivity contribution in [3.8, 4) is 11.6 Å². The lowest BCUT2D eigenvalue weighted by molar-refractivity contribution is 0.267. The van der Waals surface area contributed by atoms with Crippen molar-refractivity contribution in [3.63, 3.8) is 0 Å². The first kappa shape index (κ1) is 22.1. The third-order valence-electron chi connectivity index (χ3n) is 2.76. The topological polar surface area (TPSA) is 44.2 Å². The van der Waals surface area contributed by atoms with E-state index in [9.17, 15) is 0 Å². The van der Waals surface area contributed by atoms with Crippen LogP contribution in [0.5, 0.6) is 11.6 Å². The van der Waals surface area contributed by atoms with Crippen LogP contribution in [-0.2, 0) is 4.52 Å². The average Bonchev–Trinajstić information content (AvgIpc) is 2.54. The molecule has 2 rings (SSSR count). The summed E-state index contributed by atoms with van der Waals surface area (Å²) in [7, 11) is 0. The minimum Gasteiger partial charge on any atom is -0.434 e. The predicted molar refractivity (Wildman–Crippen MR) is 111 cm³/mol. The Bertz CT molecular complexity index is 669. The molecule has 1 heterocycles. The lowest BCUT2D eigenvalue weighted by Gasteiger charge is -2.14. The summed E-state index contributed by atoms with van der Waals surface area (Å²) in [5.74, 6) is 0.583. The zero-order valence-electron chi connectivity index (χ0n) is 13.5. The molecular weight excluding hydrogens is 504 g/mol. The van der Waals surface area contributed by atoms with Crippen LogP contribution in [-0.4, -0.2) is 10.2 Å². The summed E-state index contributed by atoms with van der Waals surface area (Å²) < 4.78 is 11.2. The van der Waals surface area contributed by atoms with E-state index in [2.05, 4.69) is 32.2 Å². The van der Waals surface area contributed by atoms with Gasteiger partial charge in [-0.05, 0) is 53.6 Å². The fraction of sp³-hybridized carbons (Fsp3) is 0.333. The molecule has 0 radical (unpaired) electrons. The SMILES string of the molecule is CC.Cc1cc(Cl)c(Oc2cc(C(C)OPI)c(Cl)nn2)c(Cl)c1. The van der Waals surface area contributed by atoms with Crippen LogP contribution in [0, 0.1) is 6.92 Å². The largest absolute Gasteiger partial charge is 0.434 e. The molecular formula is C15H17Cl3IN2O2P. The van der Waals surface area contributed by atoms with Crippen molar-refractivity contribution < 1.29 is 9.26 Å². The van der Waals surface area contributed by atoms with Crippen LogP contribution >= 0.6 is 63.3 Å². The van der Waals surface area contributed by atoms with Crippen LogP contribution in [0.15, 0.2) is 18.2 Å². The van der Waals surface area contributed by atoms with Gasteiger partial charge in [0.15, 0.2) is 10.9 Å². The Labute approximate surface area is 171 Å². The number of hydrogen-bond acceptors (Lipinski definition) is 4. The van der Waals surface area contributed by atoms with Crippen LogP contribution in [0.25, 0.3) is 0 Å². The minimum absolute atomic E-state index is 0.218. The van der Waals surface area contributed by atoms with Gasteiger partial charge in [-0.15, -0.1) is 10.2 Å². The van der Waals surface area contributed by atoms with E-state index < -0.39 is 0 Å². The Balaban J connectivity index is 0.00000139. The lowest BCUT2D eigenvalue weighted by atomic mass is 10.2. The monoisotopic (exact) mass is 520 g/mol. The molecule has 0 amide bonds. The summed E-state index contributed by atoms with van der Waals surface area (Å²) >= 11 is 20.5. The Morgan fingerprint density at radius 3 is 2.21 bits per heavy atom. The van der Waals surface area contributed by atoms with E-state index in [4.69, 9.17) is 44.1 Å². The summed E-state index contributed by atoms with van der Waals surface area (Å²) in [5, 5.41) is 8.87. The van der Waals surface area contributed by atoms with Crippen molar-refractivity contribution in [1.82, 2.24) is 10.2 Å². The molecule has 2 atom stereocenters. The third kappa shape index (κ3) is 6.11. The van der Waals surface area contributed by atoms with Gasteiger partial charge in [0.1, 0.15) is 0 Å². The summed E-state index contributed by atoms with van der Waals surface area (Å²) in [6, 6.07) is 5.19. The maximum absolute atomic E-state index is 6.16. The van der Waals surface area contributed by atoms with Gasteiger partial charge in [-0.3, -0.25) is 0 Å². The van der Waals surface area contributed by atoms with Gasteiger partial charge in [0.25, 0.3) is 0 Å². The van der Waals surface area contributed by atoms with E-state index in [1.54, 1.807) is 18.2 Å². The number of benzene rings is 1. The van der Waals surface area contributed by atoms with E-state index in [1.165, 1.54) is 0 Å². The summed E-state index contributed by atoms with van der Waals surface area (Å²) in [6.45, 7) is 8.08. The van der Waals surface area contributed by atoms with Crippen LogP contribution in [0.1, 0.15) is 38.0 Å². The second kappa shape index (κ2) is 10.9. The summed E-state index contributed by atoms with van der Waals surface area (Å²) in [4.78, 5) is 0. The molecule has 0 spiro atoms. The average molecular weight is 522 g/mol. The second-order valence-electron chi connectivity index (χ2n) is 4.43. The van der Waals surface area contributed by atoms with Gasteiger partial charge in [-0.2, -0.15) is 0 Å². The molecule has 4 nitrogen and oxygen atoms in total. The van der Waals surface area contributed by atoms with Crippen molar-refractivity contribution in [2.45, 2.75) is 33.8 Å². The molecule has 0 saturated heterocycles. The van der Waals surface area contributed by atoms with Crippen molar-refractivity contribution >= 4 is 63.3 Å². The fourth-order valence-electron chi connectivity index (χ4n) is 1.73. The maximum atomic E-state index is 6.16. The molecule has 24 heavy (non-hydrogen) atoms. The zero-order valence-corrected chi connectivity index (χ0v) is 19.0. The van der Waals surface area contributed by atoms with Crippen LogP contribution in [0.3, 0.4) is 0 Å². The van der Waals surface area contributed by atoms with Crippen molar-refractivity contribution in [2.75, 3.05) is 0 Å². The molecule has 0 saturated carbocycles.